The number of benzene rings is 2. The van der Waals surface area contributed by atoms with Gasteiger partial charge in [-0.2, -0.15) is 0 Å². The van der Waals surface area contributed by atoms with Crippen LogP contribution in [0.2, 0.25) is 0 Å². The third-order valence-corrected chi connectivity index (χ3v) is 7.14. The van der Waals surface area contributed by atoms with E-state index in [4.69, 9.17) is 0 Å². The number of nitrogens with one attached hydrogen (secondary N) is 2. The first-order valence-corrected chi connectivity index (χ1v) is 11.0. The summed E-state index contributed by atoms with van der Waals surface area (Å²) >= 11 is 2.76. The monoisotopic (exact) mass is 407 g/mol. The highest BCUT2D eigenvalue weighted by molar-refractivity contribution is 8.01. The summed E-state index contributed by atoms with van der Waals surface area (Å²) in [6.07, 6.45) is 0. The van der Waals surface area contributed by atoms with E-state index in [1.165, 1.54) is 29.2 Å². The van der Waals surface area contributed by atoms with Crippen LogP contribution in [0, 0.1) is 13.8 Å². The Balaban J connectivity index is 1.56. The molecule has 0 spiro atoms. The van der Waals surface area contributed by atoms with Crippen LogP contribution in [0.5, 0.6) is 0 Å². The molecule has 0 fully saturated rings. The molecule has 1 aromatic heterocycles. The molecular formula is C17H17N3O3S3. The number of aryl methyl sites for hydroxylation is 2. The average molecular weight is 408 g/mol. The van der Waals surface area contributed by atoms with Crippen LogP contribution >= 0.6 is 23.1 Å². The minimum Gasteiger partial charge on any atom is -0.277 e. The number of sulfonamides is 1. The van der Waals surface area contributed by atoms with Crippen molar-refractivity contribution >= 4 is 49.2 Å². The van der Waals surface area contributed by atoms with Crippen molar-refractivity contribution in [2.75, 3.05) is 5.75 Å². The first-order chi connectivity index (χ1) is 12.3. The lowest BCUT2D eigenvalue weighted by molar-refractivity contribution is -0.119. The zero-order valence-electron chi connectivity index (χ0n) is 14.1. The van der Waals surface area contributed by atoms with Gasteiger partial charge in [-0.1, -0.05) is 30.0 Å². The maximum absolute atomic E-state index is 12.2. The van der Waals surface area contributed by atoms with Gasteiger partial charge < -0.3 is 0 Å². The Hall–Kier alpha value is -1.94. The molecular weight excluding hydrogens is 390 g/mol. The number of rotatable bonds is 6. The van der Waals surface area contributed by atoms with Crippen LogP contribution in [0.3, 0.4) is 0 Å². The molecule has 26 heavy (non-hydrogen) atoms. The van der Waals surface area contributed by atoms with Crippen molar-refractivity contribution < 1.29 is 13.2 Å². The van der Waals surface area contributed by atoms with Gasteiger partial charge in [0.25, 0.3) is 10.0 Å². The van der Waals surface area contributed by atoms with Crippen molar-refractivity contribution in [3.05, 3.63) is 53.6 Å². The topological polar surface area (TPSA) is 88.2 Å². The van der Waals surface area contributed by atoms with Crippen molar-refractivity contribution in [3.8, 4) is 0 Å². The molecule has 0 unspecified atom stereocenters. The fourth-order valence-electron chi connectivity index (χ4n) is 2.14. The van der Waals surface area contributed by atoms with Gasteiger partial charge in [-0.05, 0) is 49.2 Å². The van der Waals surface area contributed by atoms with Crippen molar-refractivity contribution in [1.29, 1.82) is 0 Å². The number of hydrogen-bond donors (Lipinski definition) is 2. The maximum atomic E-state index is 12.2. The predicted octanol–water partition coefficient (Wildman–Crippen LogP) is 3.01. The van der Waals surface area contributed by atoms with Crippen LogP contribution in [0.4, 0.5) is 0 Å². The summed E-state index contributed by atoms with van der Waals surface area (Å²) < 4.78 is 26.3. The molecule has 1 amide bonds. The van der Waals surface area contributed by atoms with Crippen molar-refractivity contribution in [2.24, 2.45) is 0 Å². The van der Waals surface area contributed by atoms with E-state index < -0.39 is 15.9 Å². The van der Waals surface area contributed by atoms with E-state index in [1.807, 2.05) is 38.1 Å². The lowest BCUT2D eigenvalue weighted by Gasteiger charge is -2.09. The summed E-state index contributed by atoms with van der Waals surface area (Å²) in [6.45, 7) is 3.74. The second-order valence-electron chi connectivity index (χ2n) is 5.64. The number of hydrogen-bond acceptors (Lipinski definition) is 6. The van der Waals surface area contributed by atoms with Gasteiger partial charge in [0.05, 0.1) is 20.9 Å². The highest BCUT2D eigenvalue weighted by Gasteiger charge is 2.16. The Labute approximate surface area is 160 Å². The largest absolute Gasteiger partial charge is 0.277 e. The number of aromatic nitrogens is 1. The number of para-hydroxylation sites is 1. The first-order valence-electron chi connectivity index (χ1n) is 7.71. The van der Waals surface area contributed by atoms with Gasteiger partial charge in [-0.25, -0.2) is 13.4 Å². The predicted molar refractivity (Wildman–Crippen MR) is 105 cm³/mol. The Morgan fingerprint density at radius 2 is 1.92 bits per heavy atom. The van der Waals surface area contributed by atoms with Crippen LogP contribution in [0.1, 0.15) is 11.1 Å². The zero-order chi connectivity index (χ0) is 18.7. The minimum absolute atomic E-state index is 0.0647. The van der Waals surface area contributed by atoms with E-state index >= 15 is 0 Å². The Morgan fingerprint density at radius 1 is 1.15 bits per heavy atom. The summed E-state index contributed by atoms with van der Waals surface area (Å²) in [5.41, 5.74) is 4.99. The van der Waals surface area contributed by atoms with E-state index in [-0.39, 0.29) is 10.6 Å². The van der Waals surface area contributed by atoms with Gasteiger partial charge in [-0.15, -0.1) is 16.2 Å². The van der Waals surface area contributed by atoms with Gasteiger partial charge in [0, 0.05) is 0 Å². The molecule has 3 aromatic rings. The highest BCUT2D eigenvalue weighted by Crippen LogP contribution is 2.29. The lowest BCUT2D eigenvalue weighted by Crippen LogP contribution is -2.42. The van der Waals surface area contributed by atoms with E-state index in [0.717, 1.165) is 25.7 Å². The number of amides is 1. The number of fused-ring (bicyclic) bond motifs is 1. The van der Waals surface area contributed by atoms with Crippen LogP contribution in [-0.2, 0) is 14.8 Å². The molecule has 0 aliphatic rings. The maximum Gasteiger partial charge on any atom is 0.257 e. The fraction of sp³-hybridized carbons (Fsp3) is 0.176. The van der Waals surface area contributed by atoms with Crippen LogP contribution in [0.25, 0.3) is 10.2 Å². The van der Waals surface area contributed by atoms with Crippen LogP contribution in [0.15, 0.2) is 51.7 Å². The van der Waals surface area contributed by atoms with Crippen molar-refractivity contribution in [3.63, 3.8) is 0 Å². The molecule has 9 heteroatoms. The van der Waals surface area contributed by atoms with Gasteiger partial charge in [0.2, 0.25) is 5.91 Å². The summed E-state index contributed by atoms with van der Waals surface area (Å²) in [5.74, 6) is -0.378. The summed E-state index contributed by atoms with van der Waals surface area (Å²) in [5, 5.41) is 0. The van der Waals surface area contributed by atoms with Crippen LogP contribution < -0.4 is 10.3 Å². The van der Waals surface area contributed by atoms with E-state index in [2.05, 4.69) is 15.2 Å². The second kappa shape index (κ2) is 7.75. The standard InChI is InChI=1S/C17H17N3O3S3/c1-11-7-8-13(9-12(11)2)26(22,23)20-19-16(21)10-24-17-18-14-5-3-4-6-15(14)25-17/h3-9,20H,10H2,1-2H3,(H,19,21). The van der Waals surface area contributed by atoms with Crippen molar-refractivity contribution in [2.45, 2.75) is 23.1 Å². The lowest BCUT2D eigenvalue weighted by atomic mass is 10.1. The third-order valence-electron chi connectivity index (χ3n) is 3.71. The van der Waals surface area contributed by atoms with Gasteiger partial charge in [0.1, 0.15) is 0 Å². The molecule has 6 nitrogen and oxygen atoms in total. The molecule has 0 saturated heterocycles. The highest BCUT2D eigenvalue weighted by atomic mass is 32.2. The molecule has 0 aliphatic carbocycles. The smallest absolute Gasteiger partial charge is 0.257 e. The summed E-state index contributed by atoms with van der Waals surface area (Å²) in [4.78, 5) is 18.6. The first kappa shape index (κ1) is 18.8. The number of carbonyl (C=O) groups is 1. The van der Waals surface area contributed by atoms with Gasteiger partial charge >= 0.3 is 0 Å². The molecule has 0 bridgehead atoms. The molecule has 0 aliphatic heterocycles. The van der Waals surface area contributed by atoms with E-state index in [0.29, 0.717) is 0 Å². The summed E-state index contributed by atoms with van der Waals surface area (Å²) in [7, 11) is -3.80. The average Bonchev–Trinajstić information content (AvgIpc) is 3.03. The Bertz CT molecular complexity index is 1030. The molecule has 1 heterocycles. The fourth-order valence-corrected chi connectivity index (χ4v) is 4.95. The zero-order valence-corrected chi connectivity index (χ0v) is 16.6. The summed E-state index contributed by atoms with van der Waals surface area (Å²) in [6, 6.07) is 12.5. The molecule has 0 radical (unpaired) electrons. The normalized spacial score (nSPS) is 11.6. The number of hydrazine groups is 1. The Morgan fingerprint density at radius 3 is 2.65 bits per heavy atom. The molecule has 0 saturated carbocycles. The quantitative estimate of drug-likeness (QED) is 0.484. The minimum atomic E-state index is -3.80. The molecule has 136 valence electrons. The number of nitrogens with zero attached hydrogens (tertiary/aromatic N) is 1. The molecule has 2 aromatic carbocycles. The molecule has 2 N–H and O–H groups in total. The van der Waals surface area contributed by atoms with E-state index in [9.17, 15) is 13.2 Å². The molecule has 0 atom stereocenters. The van der Waals surface area contributed by atoms with E-state index in [1.54, 1.807) is 12.1 Å². The third kappa shape index (κ3) is 4.42. The number of carbonyl (C=O) groups excluding carboxylic acids is 1. The van der Waals surface area contributed by atoms with Gasteiger partial charge in [-0.3, -0.25) is 10.2 Å². The second-order valence-corrected chi connectivity index (χ2v) is 9.57. The van der Waals surface area contributed by atoms with Crippen molar-refractivity contribution in [1.82, 2.24) is 15.2 Å². The molecule has 3 rings (SSSR count). The Kier molecular flexibility index (Phi) is 5.61. The number of thioether (sulfide) groups is 1. The van der Waals surface area contributed by atoms with Gasteiger partial charge in [0.15, 0.2) is 4.34 Å². The number of thiazole rings is 1. The SMILES string of the molecule is Cc1ccc(S(=O)(=O)NNC(=O)CSc2nc3ccccc3s2)cc1C. The van der Waals surface area contributed by atoms with Crippen LogP contribution in [-0.4, -0.2) is 25.1 Å².